The van der Waals surface area contributed by atoms with Crippen molar-refractivity contribution in [3.63, 3.8) is 0 Å². The fourth-order valence-corrected chi connectivity index (χ4v) is 4.59. The number of hydrogen-bond donors (Lipinski definition) is 3. The molecule has 1 aromatic heterocycles. The summed E-state index contributed by atoms with van der Waals surface area (Å²) in [5.41, 5.74) is 2.26. The molecule has 3 atom stereocenters. The van der Waals surface area contributed by atoms with Crippen molar-refractivity contribution in [1.82, 2.24) is 20.5 Å². The second-order valence-electron chi connectivity index (χ2n) is 9.47. The molecular formula is C29H33FN4O5. The maximum absolute atomic E-state index is 14.5. The van der Waals surface area contributed by atoms with Crippen LogP contribution in [-0.2, 0) is 29.2 Å². The van der Waals surface area contributed by atoms with Gasteiger partial charge in [0.1, 0.15) is 24.2 Å². The van der Waals surface area contributed by atoms with Crippen LogP contribution < -0.4 is 20.1 Å². The van der Waals surface area contributed by atoms with Gasteiger partial charge < -0.3 is 30.1 Å². The quantitative estimate of drug-likeness (QED) is 0.345. The van der Waals surface area contributed by atoms with Gasteiger partial charge in [-0.15, -0.1) is 0 Å². The third kappa shape index (κ3) is 7.75. The number of aliphatic hydroxyl groups is 1. The molecule has 0 aliphatic carbocycles. The van der Waals surface area contributed by atoms with Crippen LogP contribution in [0.5, 0.6) is 11.6 Å². The number of aromatic nitrogens is 1. The highest BCUT2D eigenvalue weighted by Crippen LogP contribution is 2.21. The summed E-state index contributed by atoms with van der Waals surface area (Å²) < 4.78 is 25.3. The number of benzene rings is 2. The van der Waals surface area contributed by atoms with Crippen molar-refractivity contribution in [2.45, 2.75) is 44.7 Å². The SMILES string of the molecule is COc1ccc(COc2cc(F)cc(C[C@H](NC(C)=O)[C@H](O)[C@@H]3NCCN(Cc4ccccc4)C3=O)c2)cn1. The average Bonchev–Trinajstić information content (AvgIpc) is 2.93. The number of pyridine rings is 1. The number of nitrogens with one attached hydrogen (secondary N) is 2. The number of methoxy groups -OCH3 is 1. The molecule has 206 valence electrons. The summed E-state index contributed by atoms with van der Waals surface area (Å²) >= 11 is 0. The molecule has 1 aliphatic heterocycles. The van der Waals surface area contributed by atoms with E-state index in [9.17, 15) is 19.1 Å². The number of nitrogens with zero attached hydrogens (tertiary/aromatic N) is 2. The van der Waals surface area contributed by atoms with E-state index >= 15 is 0 Å². The Hall–Kier alpha value is -4.02. The summed E-state index contributed by atoms with van der Waals surface area (Å²) in [4.78, 5) is 31.1. The Morgan fingerprint density at radius 2 is 1.97 bits per heavy atom. The van der Waals surface area contributed by atoms with Crippen molar-refractivity contribution in [2.24, 2.45) is 0 Å². The van der Waals surface area contributed by atoms with Gasteiger partial charge in [0.25, 0.3) is 0 Å². The number of hydrogen-bond acceptors (Lipinski definition) is 7. The van der Waals surface area contributed by atoms with Gasteiger partial charge in [0.2, 0.25) is 17.7 Å². The van der Waals surface area contributed by atoms with E-state index in [-0.39, 0.29) is 30.6 Å². The fraction of sp³-hybridized carbons (Fsp3) is 0.345. The molecule has 1 saturated heterocycles. The molecule has 0 saturated carbocycles. The molecule has 2 amide bonds. The number of piperazine rings is 1. The van der Waals surface area contributed by atoms with Crippen molar-refractivity contribution in [3.05, 3.63) is 89.4 Å². The summed E-state index contributed by atoms with van der Waals surface area (Å²) in [5.74, 6) is -0.388. The maximum atomic E-state index is 14.5. The summed E-state index contributed by atoms with van der Waals surface area (Å²) in [6.07, 6.45) is 0.443. The lowest BCUT2D eigenvalue weighted by molar-refractivity contribution is -0.141. The Balaban J connectivity index is 1.46. The minimum absolute atomic E-state index is 0.0864. The smallest absolute Gasteiger partial charge is 0.242 e. The van der Waals surface area contributed by atoms with E-state index < -0.39 is 24.0 Å². The third-order valence-corrected chi connectivity index (χ3v) is 6.48. The van der Waals surface area contributed by atoms with Crippen molar-refractivity contribution >= 4 is 11.8 Å². The summed E-state index contributed by atoms with van der Waals surface area (Å²) in [6, 6.07) is 15.6. The molecule has 1 aliphatic rings. The first kappa shape index (κ1) is 28.0. The van der Waals surface area contributed by atoms with Crippen LogP contribution in [0, 0.1) is 5.82 Å². The normalized spacial score (nSPS) is 16.9. The van der Waals surface area contributed by atoms with Gasteiger partial charge in [0.15, 0.2) is 0 Å². The standard InChI is InChI=1S/C29H33FN4O5/c1-19(35)33-25(28(36)27-29(37)34(11-10-31-27)17-20-6-4-3-5-7-20)14-22-12-23(30)15-24(13-22)39-18-21-8-9-26(38-2)32-16-21/h3-9,12-13,15-16,25,27-28,31,36H,10-11,14,17-18H2,1-2H3,(H,33,35)/t25-,27-,28-/m0/s1. The van der Waals surface area contributed by atoms with Gasteiger partial charge in [0, 0.05) is 50.5 Å². The highest BCUT2D eigenvalue weighted by atomic mass is 19.1. The molecule has 9 nitrogen and oxygen atoms in total. The summed E-state index contributed by atoms with van der Waals surface area (Å²) in [6.45, 7) is 2.90. The van der Waals surface area contributed by atoms with Crippen molar-refractivity contribution in [2.75, 3.05) is 20.2 Å². The van der Waals surface area contributed by atoms with Gasteiger partial charge in [-0.05, 0) is 35.7 Å². The van der Waals surface area contributed by atoms with Crippen LogP contribution in [0.15, 0.2) is 66.9 Å². The van der Waals surface area contributed by atoms with E-state index in [1.165, 1.54) is 26.2 Å². The van der Waals surface area contributed by atoms with Gasteiger partial charge in [0.05, 0.1) is 19.3 Å². The van der Waals surface area contributed by atoms with Crippen molar-refractivity contribution in [3.8, 4) is 11.6 Å². The van der Waals surface area contributed by atoms with Crippen molar-refractivity contribution < 1.29 is 28.6 Å². The Kier molecular flexibility index (Phi) is 9.45. The zero-order valence-corrected chi connectivity index (χ0v) is 22.0. The number of halogens is 1. The molecule has 39 heavy (non-hydrogen) atoms. The van der Waals surface area contributed by atoms with E-state index in [1.807, 2.05) is 30.3 Å². The van der Waals surface area contributed by atoms with Gasteiger partial charge in [-0.3, -0.25) is 9.59 Å². The summed E-state index contributed by atoms with van der Waals surface area (Å²) in [5, 5.41) is 17.1. The largest absolute Gasteiger partial charge is 0.489 e. The molecule has 2 heterocycles. The Morgan fingerprint density at radius 1 is 1.18 bits per heavy atom. The lowest BCUT2D eigenvalue weighted by atomic mass is 9.94. The minimum Gasteiger partial charge on any atom is -0.489 e. The maximum Gasteiger partial charge on any atom is 0.242 e. The number of ether oxygens (including phenoxy) is 2. The minimum atomic E-state index is -1.25. The molecule has 10 heteroatoms. The van der Waals surface area contributed by atoms with Gasteiger partial charge >= 0.3 is 0 Å². The third-order valence-electron chi connectivity index (χ3n) is 6.48. The number of carbonyl (C=O) groups excluding carboxylic acids is 2. The second kappa shape index (κ2) is 13.2. The van der Waals surface area contributed by atoms with Crippen LogP contribution in [0.25, 0.3) is 0 Å². The fourth-order valence-electron chi connectivity index (χ4n) is 4.59. The van der Waals surface area contributed by atoms with Crippen LogP contribution in [-0.4, -0.2) is 65.2 Å². The molecule has 2 aromatic carbocycles. The highest BCUT2D eigenvalue weighted by molar-refractivity contribution is 5.83. The highest BCUT2D eigenvalue weighted by Gasteiger charge is 2.38. The zero-order valence-electron chi connectivity index (χ0n) is 22.0. The number of aliphatic hydroxyl groups excluding tert-OH is 1. The van der Waals surface area contributed by atoms with Crippen LogP contribution in [0.2, 0.25) is 0 Å². The molecular weight excluding hydrogens is 503 g/mol. The molecule has 0 spiro atoms. The molecule has 3 aromatic rings. The molecule has 0 bridgehead atoms. The van der Waals surface area contributed by atoms with Crippen LogP contribution in [0.4, 0.5) is 4.39 Å². The van der Waals surface area contributed by atoms with Gasteiger partial charge in [-0.25, -0.2) is 9.37 Å². The van der Waals surface area contributed by atoms with Gasteiger partial charge in [-0.1, -0.05) is 30.3 Å². The lowest BCUT2D eigenvalue weighted by Crippen LogP contribution is -2.63. The number of carbonyl (C=O) groups is 2. The van der Waals surface area contributed by atoms with Crippen LogP contribution in [0.1, 0.15) is 23.6 Å². The number of rotatable bonds is 11. The Bertz CT molecular complexity index is 1260. The monoisotopic (exact) mass is 536 g/mol. The first-order chi connectivity index (χ1) is 18.8. The first-order valence-electron chi connectivity index (χ1n) is 12.7. The van der Waals surface area contributed by atoms with Crippen molar-refractivity contribution in [1.29, 1.82) is 0 Å². The molecule has 3 N–H and O–H groups in total. The van der Waals surface area contributed by atoms with Gasteiger partial charge in [-0.2, -0.15) is 0 Å². The predicted molar refractivity (Wildman–Crippen MR) is 142 cm³/mol. The molecule has 0 unspecified atom stereocenters. The summed E-state index contributed by atoms with van der Waals surface area (Å²) in [7, 11) is 1.53. The Labute approximate surface area is 227 Å². The average molecular weight is 537 g/mol. The molecule has 1 fully saturated rings. The van der Waals surface area contributed by atoms with E-state index in [0.29, 0.717) is 31.1 Å². The van der Waals surface area contributed by atoms with E-state index in [2.05, 4.69) is 15.6 Å². The number of amides is 2. The van der Waals surface area contributed by atoms with E-state index in [0.717, 1.165) is 11.1 Å². The van der Waals surface area contributed by atoms with Crippen LogP contribution in [0.3, 0.4) is 0 Å². The first-order valence-corrected chi connectivity index (χ1v) is 12.7. The molecule has 0 radical (unpaired) electrons. The second-order valence-corrected chi connectivity index (χ2v) is 9.47. The zero-order chi connectivity index (χ0) is 27.8. The topological polar surface area (TPSA) is 113 Å². The molecule has 4 rings (SSSR count). The lowest BCUT2D eigenvalue weighted by Gasteiger charge is -2.38. The van der Waals surface area contributed by atoms with E-state index in [4.69, 9.17) is 9.47 Å². The van der Waals surface area contributed by atoms with E-state index in [1.54, 1.807) is 29.3 Å². The van der Waals surface area contributed by atoms with Crippen LogP contribution >= 0.6 is 0 Å². The Morgan fingerprint density at radius 3 is 2.67 bits per heavy atom. The predicted octanol–water partition coefficient (Wildman–Crippen LogP) is 2.22.